The standard InChI is InChI=1S/C27H25NO5S2/c1-18-6-12-23(13-7-18)34-26(24(29)28-25(30)35-26)17-19-4-3-5-21(16-19)27(32-14-15-33-27)20-8-10-22(31-2)11-9-20/h3-13,16H,14-15,17H2,1-2H3,(H,28,29,30). The molecule has 2 amide bonds. The molecular weight excluding hydrogens is 482 g/mol. The molecule has 0 radical (unpaired) electrons. The van der Waals surface area contributed by atoms with Crippen LogP contribution in [0.25, 0.3) is 0 Å². The Morgan fingerprint density at radius 1 is 0.971 bits per heavy atom. The summed E-state index contributed by atoms with van der Waals surface area (Å²) in [7, 11) is 1.63. The fraction of sp³-hybridized carbons (Fsp3) is 0.259. The van der Waals surface area contributed by atoms with Crippen LogP contribution in [0.1, 0.15) is 22.3 Å². The number of carbonyl (C=O) groups is 2. The number of thioether (sulfide) groups is 2. The van der Waals surface area contributed by atoms with E-state index in [-0.39, 0.29) is 11.1 Å². The zero-order chi connectivity index (χ0) is 24.5. The SMILES string of the molecule is COc1ccc(C2(c3cccc(CC4(Sc5ccc(C)cc5)SC(=O)NC4=O)c3)OCCO2)cc1. The first-order valence-corrected chi connectivity index (χ1v) is 12.9. The van der Waals surface area contributed by atoms with Gasteiger partial charge in [-0.25, -0.2) is 0 Å². The number of hydrogen-bond acceptors (Lipinski definition) is 7. The second kappa shape index (κ2) is 9.70. The minimum Gasteiger partial charge on any atom is -0.497 e. The Morgan fingerprint density at radius 3 is 2.31 bits per heavy atom. The van der Waals surface area contributed by atoms with E-state index in [0.717, 1.165) is 44.7 Å². The molecule has 1 unspecified atom stereocenters. The normalized spacial score (nSPS) is 21.2. The summed E-state index contributed by atoms with van der Waals surface area (Å²) in [6.45, 7) is 2.95. The molecule has 2 fully saturated rings. The number of hydrogen-bond donors (Lipinski definition) is 1. The predicted molar refractivity (Wildman–Crippen MR) is 137 cm³/mol. The van der Waals surface area contributed by atoms with Gasteiger partial charge in [0.15, 0.2) is 4.08 Å². The van der Waals surface area contributed by atoms with Crippen LogP contribution in [-0.2, 0) is 26.5 Å². The van der Waals surface area contributed by atoms with Crippen molar-refractivity contribution in [3.63, 3.8) is 0 Å². The maximum atomic E-state index is 13.0. The van der Waals surface area contributed by atoms with Crippen LogP contribution in [0.5, 0.6) is 5.75 Å². The van der Waals surface area contributed by atoms with Crippen LogP contribution in [0.2, 0.25) is 0 Å². The van der Waals surface area contributed by atoms with E-state index in [2.05, 4.69) is 5.32 Å². The summed E-state index contributed by atoms with van der Waals surface area (Å²) >= 11 is 2.45. The molecule has 0 bridgehead atoms. The first kappa shape index (κ1) is 23.9. The molecule has 5 rings (SSSR count). The minimum absolute atomic E-state index is 0.290. The quantitative estimate of drug-likeness (QED) is 0.467. The summed E-state index contributed by atoms with van der Waals surface area (Å²) in [5, 5.41) is 2.15. The van der Waals surface area contributed by atoms with E-state index in [0.29, 0.717) is 19.6 Å². The van der Waals surface area contributed by atoms with Crippen LogP contribution in [0.3, 0.4) is 0 Å². The summed E-state index contributed by atoms with van der Waals surface area (Å²) in [6, 6.07) is 23.5. The van der Waals surface area contributed by atoms with E-state index in [1.165, 1.54) is 11.8 Å². The Balaban J connectivity index is 1.49. The molecule has 0 saturated carbocycles. The lowest BCUT2D eigenvalue weighted by atomic mass is 9.94. The summed E-state index contributed by atoms with van der Waals surface area (Å²) in [6.07, 6.45) is 0.361. The lowest BCUT2D eigenvalue weighted by molar-refractivity contribution is -0.129. The lowest BCUT2D eigenvalue weighted by Gasteiger charge is -2.30. The van der Waals surface area contributed by atoms with Crippen molar-refractivity contribution in [3.05, 3.63) is 95.1 Å². The number of amides is 2. The van der Waals surface area contributed by atoms with Gasteiger partial charge in [-0.05, 0) is 66.7 Å². The van der Waals surface area contributed by atoms with Crippen molar-refractivity contribution in [2.24, 2.45) is 0 Å². The average Bonchev–Trinajstić information content (AvgIpc) is 3.46. The third kappa shape index (κ3) is 4.71. The minimum atomic E-state index is -1.04. The summed E-state index contributed by atoms with van der Waals surface area (Å²) in [5.74, 6) is -0.582. The molecule has 35 heavy (non-hydrogen) atoms. The fourth-order valence-electron chi connectivity index (χ4n) is 4.30. The predicted octanol–water partition coefficient (Wildman–Crippen LogP) is 5.27. The third-order valence-corrected chi connectivity index (χ3v) is 8.64. The maximum absolute atomic E-state index is 13.0. The van der Waals surface area contributed by atoms with Crippen molar-refractivity contribution >= 4 is 34.7 Å². The highest BCUT2D eigenvalue weighted by Crippen LogP contribution is 2.48. The van der Waals surface area contributed by atoms with Crippen LogP contribution < -0.4 is 10.1 Å². The molecule has 2 aliphatic heterocycles. The van der Waals surface area contributed by atoms with Crippen LogP contribution in [0.15, 0.2) is 77.7 Å². The fourth-order valence-corrected chi connectivity index (χ4v) is 6.85. The van der Waals surface area contributed by atoms with E-state index in [4.69, 9.17) is 14.2 Å². The van der Waals surface area contributed by atoms with Crippen molar-refractivity contribution in [1.82, 2.24) is 5.32 Å². The molecule has 180 valence electrons. The van der Waals surface area contributed by atoms with Gasteiger partial charge in [0.25, 0.3) is 11.1 Å². The highest BCUT2D eigenvalue weighted by molar-refractivity contribution is 8.27. The molecule has 1 atom stereocenters. The number of ether oxygens (including phenoxy) is 3. The molecule has 3 aromatic carbocycles. The molecular formula is C27H25NO5S2. The molecule has 3 aromatic rings. The van der Waals surface area contributed by atoms with Gasteiger partial charge in [-0.15, -0.1) is 0 Å². The second-order valence-corrected chi connectivity index (χ2v) is 11.3. The molecule has 8 heteroatoms. The van der Waals surface area contributed by atoms with Gasteiger partial charge in [0.2, 0.25) is 5.79 Å². The van der Waals surface area contributed by atoms with Gasteiger partial charge in [-0.3, -0.25) is 14.9 Å². The number of aryl methyl sites for hydroxylation is 1. The third-order valence-electron chi connectivity index (χ3n) is 6.03. The van der Waals surface area contributed by atoms with Crippen molar-refractivity contribution < 1.29 is 23.8 Å². The van der Waals surface area contributed by atoms with Gasteiger partial charge in [0.1, 0.15) is 5.75 Å². The van der Waals surface area contributed by atoms with Crippen molar-refractivity contribution in [2.75, 3.05) is 20.3 Å². The highest BCUT2D eigenvalue weighted by Gasteiger charge is 2.49. The van der Waals surface area contributed by atoms with Gasteiger partial charge < -0.3 is 14.2 Å². The summed E-state index contributed by atoms with van der Waals surface area (Å²) in [5.41, 5.74) is 3.74. The Labute approximate surface area is 212 Å². The van der Waals surface area contributed by atoms with Crippen LogP contribution in [0.4, 0.5) is 4.79 Å². The van der Waals surface area contributed by atoms with E-state index >= 15 is 0 Å². The Bertz CT molecular complexity index is 1240. The summed E-state index contributed by atoms with van der Waals surface area (Å²) in [4.78, 5) is 26.2. The van der Waals surface area contributed by atoms with Crippen LogP contribution >= 0.6 is 23.5 Å². The topological polar surface area (TPSA) is 73.9 Å². The maximum Gasteiger partial charge on any atom is 0.287 e. The Morgan fingerprint density at radius 2 is 1.69 bits per heavy atom. The van der Waals surface area contributed by atoms with E-state index in [1.54, 1.807) is 7.11 Å². The molecule has 2 heterocycles. The molecule has 2 aliphatic rings. The monoisotopic (exact) mass is 507 g/mol. The average molecular weight is 508 g/mol. The van der Waals surface area contributed by atoms with Gasteiger partial charge in [-0.1, -0.05) is 47.7 Å². The number of benzene rings is 3. The van der Waals surface area contributed by atoms with Crippen molar-refractivity contribution in [1.29, 1.82) is 0 Å². The first-order chi connectivity index (χ1) is 16.9. The molecule has 0 spiro atoms. The van der Waals surface area contributed by atoms with Crippen LogP contribution in [0, 0.1) is 6.92 Å². The number of nitrogens with one attached hydrogen (secondary N) is 1. The number of rotatable bonds is 7. The number of methoxy groups -OCH3 is 1. The molecule has 6 nitrogen and oxygen atoms in total. The van der Waals surface area contributed by atoms with Crippen molar-refractivity contribution in [3.8, 4) is 5.75 Å². The van der Waals surface area contributed by atoms with E-state index < -0.39 is 9.87 Å². The molecule has 0 aliphatic carbocycles. The van der Waals surface area contributed by atoms with Gasteiger partial charge >= 0.3 is 0 Å². The van der Waals surface area contributed by atoms with Crippen LogP contribution in [-0.4, -0.2) is 35.5 Å². The zero-order valence-electron chi connectivity index (χ0n) is 19.4. The Hall–Kier alpha value is -2.78. The number of carbonyl (C=O) groups excluding carboxylic acids is 2. The first-order valence-electron chi connectivity index (χ1n) is 11.2. The smallest absolute Gasteiger partial charge is 0.287 e. The van der Waals surface area contributed by atoms with E-state index in [1.807, 2.05) is 79.7 Å². The largest absolute Gasteiger partial charge is 0.497 e. The second-order valence-electron chi connectivity index (χ2n) is 8.43. The number of imide groups is 1. The lowest BCUT2D eigenvalue weighted by Crippen LogP contribution is -2.36. The van der Waals surface area contributed by atoms with E-state index in [9.17, 15) is 9.59 Å². The highest BCUT2D eigenvalue weighted by atomic mass is 32.2. The van der Waals surface area contributed by atoms with Gasteiger partial charge in [0, 0.05) is 22.4 Å². The zero-order valence-corrected chi connectivity index (χ0v) is 21.0. The molecule has 1 N–H and O–H groups in total. The Kier molecular flexibility index (Phi) is 6.63. The summed E-state index contributed by atoms with van der Waals surface area (Å²) < 4.78 is 16.6. The van der Waals surface area contributed by atoms with Gasteiger partial charge in [-0.2, -0.15) is 0 Å². The van der Waals surface area contributed by atoms with Crippen molar-refractivity contribution in [2.45, 2.75) is 28.1 Å². The van der Waals surface area contributed by atoms with Gasteiger partial charge in [0.05, 0.1) is 20.3 Å². The molecule has 2 saturated heterocycles. The molecule has 0 aromatic heterocycles.